The topological polar surface area (TPSA) is 407 Å². The van der Waals surface area contributed by atoms with E-state index in [1.54, 1.807) is 0 Å². The van der Waals surface area contributed by atoms with E-state index >= 15 is 0 Å². The van der Waals surface area contributed by atoms with Crippen LogP contribution in [0.3, 0.4) is 0 Å². The van der Waals surface area contributed by atoms with E-state index in [0.29, 0.717) is 0 Å². The molecule has 4 aromatic carbocycles. The summed E-state index contributed by atoms with van der Waals surface area (Å²) in [7, 11) is -19.1. The van der Waals surface area contributed by atoms with Gasteiger partial charge in [0.15, 0.2) is 0 Å². The first-order valence-electron chi connectivity index (χ1n) is 18.4. The molecule has 0 bridgehead atoms. The van der Waals surface area contributed by atoms with Crippen LogP contribution in [0.5, 0.6) is 0 Å². The molecule has 0 aliphatic heterocycles. The number of aliphatic hydroxyl groups excluding tert-OH is 2. The standard InChI is InChI=1S/C36H36N12O14S4.4Na/c49-15-13-37-31-43-33(39-23-3-1-5-27(17-23)63(51,52)53)47-35(45-31)41-25-11-9-21(29(19-25)65(57,58)59)7-8-22-10-12-26(20-30(22)66(60,61)62)42-36-46-32(38-14-16-50)44-34(48-36)40-24-4-2-6-28(18-24)64(54,55)56;;;;/h1-12,17-20,49-50H,13-16H2,(H,51,52,53)(H,54,55,56)(H,57,58,59)(H,60,61,62)(H3,37,39,41,43,45,47)(H3,38,40,42,44,46,48);;;;/b8-7+;;;;. The molecular formula is C36H36N12Na4O14S4. The Morgan fingerprint density at radius 1 is 0.400 bits per heavy atom. The largest absolute Gasteiger partial charge is 0.395 e. The minimum atomic E-state index is -4.98. The van der Waals surface area contributed by atoms with Crippen LogP contribution in [0.2, 0.25) is 0 Å². The third-order valence-electron chi connectivity index (χ3n) is 8.37. The molecule has 2 aromatic heterocycles. The molecule has 0 saturated carbocycles. The van der Waals surface area contributed by atoms with Crippen LogP contribution in [-0.2, 0) is 40.5 Å². The maximum absolute atomic E-state index is 12.6. The molecule has 12 N–H and O–H groups in total. The molecule has 0 aliphatic carbocycles. The third kappa shape index (κ3) is 18.5. The molecule has 0 unspecified atom stereocenters. The van der Waals surface area contributed by atoms with Crippen molar-refractivity contribution in [2.45, 2.75) is 19.6 Å². The van der Waals surface area contributed by atoms with Crippen LogP contribution in [0.15, 0.2) is 105 Å². The smallest absolute Gasteiger partial charge is 0.295 e. The van der Waals surface area contributed by atoms with Crippen molar-refractivity contribution in [3.05, 3.63) is 96.1 Å². The minimum Gasteiger partial charge on any atom is -0.395 e. The molecule has 6 aromatic rings. The number of anilines is 10. The van der Waals surface area contributed by atoms with Crippen LogP contribution in [0.4, 0.5) is 58.4 Å². The van der Waals surface area contributed by atoms with Crippen molar-refractivity contribution >= 4 is 229 Å². The first-order valence-corrected chi connectivity index (χ1v) is 24.2. The van der Waals surface area contributed by atoms with E-state index in [4.69, 9.17) is 0 Å². The zero-order chi connectivity index (χ0) is 47.9. The Bertz CT molecular complexity index is 3080. The van der Waals surface area contributed by atoms with Gasteiger partial charge < -0.3 is 42.1 Å². The predicted molar refractivity (Wildman–Crippen MR) is 261 cm³/mol. The summed E-state index contributed by atoms with van der Waals surface area (Å²) in [5.41, 5.74) is -0.00857. The van der Waals surface area contributed by atoms with Gasteiger partial charge in [-0.1, -0.05) is 36.4 Å². The molecular weight excluding hydrogens is 1040 g/mol. The molecule has 0 amide bonds. The molecule has 70 heavy (non-hydrogen) atoms. The maximum atomic E-state index is 12.6. The molecule has 352 valence electrons. The van der Waals surface area contributed by atoms with Gasteiger partial charge in [-0.15, -0.1) is 0 Å². The van der Waals surface area contributed by atoms with Crippen LogP contribution < -0.4 is 31.9 Å². The van der Waals surface area contributed by atoms with E-state index in [9.17, 15) is 62.1 Å². The van der Waals surface area contributed by atoms with E-state index in [0.717, 1.165) is 48.6 Å². The van der Waals surface area contributed by atoms with Gasteiger partial charge in [0.25, 0.3) is 40.5 Å². The van der Waals surface area contributed by atoms with Crippen molar-refractivity contribution < 1.29 is 62.1 Å². The number of hydrogen-bond acceptors (Lipinski definition) is 22. The first kappa shape index (κ1) is 63.1. The normalized spacial score (nSPS) is 11.5. The van der Waals surface area contributed by atoms with Gasteiger partial charge in [-0.3, -0.25) is 18.2 Å². The molecule has 0 saturated heterocycles. The van der Waals surface area contributed by atoms with E-state index < -0.39 is 60.1 Å². The van der Waals surface area contributed by atoms with Crippen LogP contribution >= 0.6 is 0 Å². The number of hydrogen-bond donors (Lipinski definition) is 12. The Morgan fingerprint density at radius 3 is 0.986 bits per heavy atom. The molecule has 26 nitrogen and oxygen atoms in total. The quantitative estimate of drug-likeness (QED) is 0.0292. The summed E-state index contributed by atoms with van der Waals surface area (Å²) >= 11 is 0. The van der Waals surface area contributed by atoms with Gasteiger partial charge in [-0.2, -0.15) is 63.6 Å². The predicted octanol–water partition coefficient (Wildman–Crippen LogP) is 1.47. The van der Waals surface area contributed by atoms with Crippen LogP contribution in [-0.4, -0.2) is 237 Å². The molecule has 0 aliphatic rings. The summed E-state index contributed by atoms with van der Waals surface area (Å²) in [6, 6.07) is 17.3. The fourth-order valence-corrected chi connectivity index (χ4v) is 8.05. The zero-order valence-electron chi connectivity index (χ0n) is 37.3. The average Bonchev–Trinajstić information content (AvgIpc) is 3.23. The Balaban J connectivity index is 0.00000420. The molecule has 6 rings (SSSR count). The summed E-state index contributed by atoms with van der Waals surface area (Å²) in [6.07, 6.45) is 2.29. The third-order valence-corrected chi connectivity index (χ3v) is 11.9. The van der Waals surface area contributed by atoms with Gasteiger partial charge in [-0.05, 0) is 71.8 Å². The van der Waals surface area contributed by atoms with E-state index in [1.807, 2.05) is 0 Å². The zero-order valence-corrected chi connectivity index (χ0v) is 48.6. The van der Waals surface area contributed by atoms with Crippen molar-refractivity contribution in [3.8, 4) is 0 Å². The molecule has 2 heterocycles. The Hall–Kier alpha value is -3.00. The van der Waals surface area contributed by atoms with Crippen molar-refractivity contribution in [1.82, 2.24) is 29.9 Å². The summed E-state index contributed by atoms with van der Waals surface area (Å²) in [5, 5.41) is 35.1. The van der Waals surface area contributed by atoms with Crippen molar-refractivity contribution in [2.24, 2.45) is 0 Å². The second kappa shape index (κ2) is 27.3. The monoisotopic (exact) mass is 1080 g/mol. The second-order valence-electron chi connectivity index (χ2n) is 13.2. The fraction of sp³-hybridized carbons (Fsp3) is 0.111. The summed E-state index contributed by atoms with van der Waals surface area (Å²) in [6.45, 7) is -0.641. The molecule has 0 atom stereocenters. The van der Waals surface area contributed by atoms with Crippen LogP contribution in [0.1, 0.15) is 11.1 Å². The first-order chi connectivity index (χ1) is 31.1. The second-order valence-corrected chi connectivity index (χ2v) is 18.8. The Morgan fingerprint density at radius 2 is 0.700 bits per heavy atom. The average molecular weight is 1080 g/mol. The van der Waals surface area contributed by atoms with Gasteiger partial charge in [0.1, 0.15) is 9.79 Å². The Kier molecular flexibility index (Phi) is 24.6. The van der Waals surface area contributed by atoms with Crippen molar-refractivity contribution in [2.75, 3.05) is 58.2 Å². The fourth-order valence-electron chi connectivity index (χ4n) is 5.58. The van der Waals surface area contributed by atoms with E-state index in [1.165, 1.54) is 48.5 Å². The molecule has 0 fully saturated rings. The van der Waals surface area contributed by atoms with Crippen molar-refractivity contribution in [3.63, 3.8) is 0 Å². The van der Waals surface area contributed by atoms with Gasteiger partial charge in [0, 0.05) is 154 Å². The van der Waals surface area contributed by atoms with Crippen molar-refractivity contribution in [1.29, 1.82) is 0 Å². The molecule has 34 heteroatoms. The van der Waals surface area contributed by atoms with E-state index in [-0.39, 0.29) is 214 Å². The van der Waals surface area contributed by atoms with Gasteiger partial charge in [0.05, 0.1) is 23.0 Å². The van der Waals surface area contributed by atoms with Gasteiger partial charge in [0.2, 0.25) is 35.7 Å². The minimum absolute atomic E-state index is 0. The Labute approximate surface area is 489 Å². The summed E-state index contributed by atoms with van der Waals surface area (Å²) in [5.74, 6) is -0.911. The molecule has 4 radical (unpaired) electrons. The number of aromatic nitrogens is 6. The number of benzene rings is 4. The number of aliphatic hydroxyl groups is 2. The SMILES string of the molecule is O=S(=O)(O)c1cccc(Nc2nc(NCCO)nc(Nc3ccc(/C=C/c4ccc(Nc5nc(NCCO)nc(Nc6cccc(S(=O)(=O)O)c6)n5)cc4S(=O)(=O)O)c(S(=O)(=O)O)c3)n2)c1.[Na].[Na].[Na].[Na]. The molecule has 0 spiro atoms. The maximum Gasteiger partial charge on any atom is 0.295 e. The summed E-state index contributed by atoms with van der Waals surface area (Å²) in [4.78, 5) is 22.9. The van der Waals surface area contributed by atoms with E-state index in [2.05, 4.69) is 61.8 Å². The van der Waals surface area contributed by atoms with Gasteiger partial charge >= 0.3 is 0 Å². The number of nitrogens with zero attached hydrogens (tertiary/aromatic N) is 6. The van der Waals surface area contributed by atoms with Gasteiger partial charge in [-0.25, -0.2) is 0 Å². The van der Waals surface area contributed by atoms with Crippen LogP contribution in [0.25, 0.3) is 12.2 Å². The number of nitrogens with one attached hydrogen (secondary N) is 6. The summed E-state index contributed by atoms with van der Waals surface area (Å²) < 4.78 is 136. The van der Waals surface area contributed by atoms with Crippen LogP contribution in [0, 0.1) is 0 Å². The number of rotatable bonds is 20.